The van der Waals surface area contributed by atoms with Gasteiger partial charge in [0.1, 0.15) is 5.69 Å². The highest BCUT2D eigenvalue weighted by atomic mass is 15.4. The molecule has 82 valence electrons. The summed E-state index contributed by atoms with van der Waals surface area (Å²) in [5.74, 6) is 0.840. The summed E-state index contributed by atoms with van der Waals surface area (Å²) in [7, 11) is 0. The van der Waals surface area contributed by atoms with Crippen LogP contribution in [0.2, 0.25) is 0 Å². The summed E-state index contributed by atoms with van der Waals surface area (Å²) in [6.45, 7) is 3.12. The van der Waals surface area contributed by atoms with Gasteiger partial charge in [-0.25, -0.2) is 0 Å². The Morgan fingerprint density at radius 2 is 2.00 bits per heavy atom. The maximum Gasteiger partial charge on any atom is 0.113 e. The molecule has 3 heteroatoms. The Hall–Kier alpha value is -1.64. The van der Waals surface area contributed by atoms with Gasteiger partial charge >= 0.3 is 0 Å². The number of rotatable bonds is 3. The van der Waals surface area contributed by atoms with Crippen LogP contribution in [-0.2, 0) is 6.54 Å². The lowest BCUT2D eigenvalue weighted by molar-refractivity contribution is 0.544. The number of aromatic nitrogens is 3. The monoisotopic (exact) mass is 213 g/mol. The third-order valence-electron chi connectivity index (χ3n) is 3.03. The maximum absolute atomic E-state index is 4.21. The molecule has 0 atom stereocenters. The zero-order valence-corrected chi connectivity index (χ0v) is 9.43. The van der Waals surface area contributed by atoms with Gasteiger partial charge in [-0.2, -0.15) is 0 Å². The van der Waals surface area contributed by atoms with Gasteiger partial charge < -0.3 is 0 Å². The lowest BCUT2D eigenvalue weighted by Crippen LogP contribution is -1.99. The summed E-state index contributed by atoms with van der Waals surface area (Å²) in [5, 5.41) is 8.37. The van der Waals surface area contributed by atoms with E-state index in [1.54, 1.807) is 0 Å². The van der Waals surface area contributed by atoms with Crippen LogP contribution in [0, 0.1) is 12.8 Å². The molecule has 3 rings (SSSR count). The van der Waals surface area contributed by atoms with Crippen LogP contribution >= 0.6 is 0 Å². The average molecular weight is 213 g/mol. The van der Waals surface area contributed by atoms with Gasteiger partial charge in [-0.3, -0.25) is 4.68 Å². The lowest BCUT2D eigenvalue weighted by Gasteiger charge is -1.96. The molecule has 1 aromatic carbocycles. The van der Waals surface area contributed by atoms with Gasteiger partial charge in [0, 0.05) is 12.1 Å². The Kier molecular flexibility index (Phi) is 2.24. The summed E-state index contributed by atoms with van der Waals surface area (Å²) < 4.78 is 1.97. The fourth-order valence-electron chi connectivity index (χ4n) is 1.81. The van der Waals surface area contributed by atoms with Crippen LogP contribution in [0.4, 0.5) is 0 Å². The molecule has 0 spiro atoms. The van der Waals surface area contributed by atoms with Gasteiger partial charge in [-0.15, -0.1) is 5.10 Å². The quantitative estimate of drug-likeness (QED) is 0.784. The molecular weight excluding hydrogens is 198 g/mol. The largest absolute Gasteiger partial charge is 0.252 e. The van der Waals surface area contributed by atoms with E-state index in [1.807, 2.05) is 10.9 Å². The van der Waals surface area contributed by atoms with E-state index in [0.29, 0.717) is 0 Å². The topological polar surface area (TPSA) is 30.7 Å². The molecule has 1 heterocycles. The van der Waals surface area contributed by atoms with Crippen molar-refractivity contribution in [3.63, 3.8) is 0 Å². The number of nitrogens with zero attached hydrogens (tertiary/aromatic N) is 3. The van der Waals surface area contributed by atoms with Crippen LogP contribution in [-0.4, -0.2) is 15.0 Å². The smallest absolute Gasteiger partial charge is 0.113 e. The van der Waals surface area contributed by atoms with Crippen LogP contribution in [0.3, 0.4) is 0 Å². The van der Waals surface area contributed by atoms with Crippen LogP contribution in [0.1, 0.15) is 18.4 Å². The Bertz CT molecular complexity index is 480. The van der Waals surface area contributed by atoms with Gasteiger partial charge in [-0.1, -0.05) is 35.0 Å². The summed E-state index contributed by atoms with van der Waals surface area (Å²) in [6, 6.07) is 8.41. The molecule has 0 bridgehead atoms. The van der Waals surface area contributed by atoms with E-state index < -0.39 is 0 Å². The molecule has 1 aliphatic carbocycles. The van der Waals surface area contributed by atoms with E-state index in [9.17, 15) is 0 Å². The van der Waals surface area contributed by atoms with Crippen molar-refractivity contribution in [3.05, 3.63) is 36.0 Å². The summed E-state index contributed by atoms with van der Waals surface area (Å²) >= 11 is 0. The van der Waals surface area contributed by atoms with Crippen molar-refractivity contribution in [2.75, 3.05) is 0 Å². The van der Waals surface area contributed by atoms with Crippen LogP contribution in [0.5, 0.6) is 0 Å². The van der Waals surface area contributed by atoms with Gasteiger partial charge in [0.2, 0.25) is 0 Å². The predicted molar refractivity (Wildman–Crippen MR) is 62.9 cm³/mol. The van der Waals surface area contributed by atoms with Crippen molar-refractivity contribution in [3.8, 4) is 11.3 Å². The van der Waals surface area contributed by atoms with Gasteiger partial charge in [0.05, 0.1) is 6.20 Å². The summed E-state index contributed by atoms with van der Waals surface area (Å²) in [6.07, 6.45) is 4.74. The zero-order valence-electron chi connectivity index (χ0n) is 9.43. The van der Waals surface area contributed by atoms with E-state index in [2.05, 4.69) is 41.5 Å². The minimum absolute atomic E-state index is 0.840. The Morgan fingerprint density at radius 1 is 1.25 bits per heavy atom. The molecule has 3 nitrogen and oxygen atoms in total. The minimum Gasteiger partial charge on any atom is -0.252 e. The number of hydrogen-bond acceptors (Lipinski definition) is 2. The SMILES string of the molecule is Cc1ccc(-c2cn(CC3CC3)nn2)cc1. The number of aryl methyl sites for hydroxylation is 1. The number of benzene rings is 1. The molecule has 1 aromatic heterocycles. The van der Waals surface area contributed by atoms with Crippen molar-refractivity contribution >= 4 is 0 Å². The van der Waals surface area contributed by atoms with Crippen molar-refractivity contribution in [1.82, 2.24) is 15.0 Å². The average Bonchev–Trinajstić information content (AvgIpc) is 2.97. The molecule has 0 radical (unpaired) electrons. The van der Waals surface area contributed by atoms with Crippen molar-refractivity contribution in [2.24, 2.45) is 5.92 Å². The van der Waals surface area contributed by atoms with E-state index >= 15 is 0 Å². The summed E-state index contributed by atoms with van der Waals surface area (Å²) in [4.78, 5) is 0. The molecule has 16 heavy (non-hydrogen) atoms. The van der Waals surface area contributed by atoms with Crippen LogP contribution < -0.4 is 0 Å². The lowest BCUT2D eigenvalue weighted by atomic mass is 10.1. The van der Waals surface area contributed by atoms with Crippen molar-refractivity contribution < 1.29 is 0 Å². The number of hydrogen-bond donors (Lipinski definition) is 0. The Labute approximate surface area is 95.1 Å². The maximum atomic E-state index is 4.21. The minimum atomic E-state index is 0.840. The molecule has 0 amide bonds. The third kappa shape index (κ3) is 1.98. The Morgan fingerprint density at radius 3 is 2.69 bits per heavy atom. The molecule has 1 fully saturated rings. The second-order valence-electron chi connectivity index (χ2n) is 4.64. The molecule has 0 N–H and O–H groups in total. The second kappa shape index (κ2) is 3.74. The standard InChI is InChI=1S/C13H15N3/c1-10-2-6-12(7-3-10)13-9-16(15-14-13)8-11-4-5-11/h2-3,6-7,9,11H,4-5,8H2,1H3. The van der Waals surface area contributed by atoms with Gasteiger partial charge in [-0.05, 0) is 25.7 Å². The second-order valence-corrected chi connectivity index (χ2v) is 4.64. The highest BCUT2D eigenvalue weighted by molar-refractivity contribution is 5.57. The highest BCUT2D eigenvalue weighted by Gasteiger charge is 2.22. The van der Waals surface area contributed by atoms with Crippen molar-refractivity contribution in [2.45, 2.75) is 26.3 Å². The zero-order chi connectivity index (χ0) is 11.0. The third-order valence-corrected chi connectivity index (χ3v) is 3.03. The van der Waals surface area contributed by atoms with E-state index in [0.717, 1.165) is 23.7 Å². The van der Waals surface area contributed by atoms with E-state index in [4.69, 9.17) is 0 Å². The first-order valence-corrected chi connectivity index (χ1v) is 5.78. The summed E-state index contributed by atoms with van der Waals surface area (Å²) in [5.41, 5.74) is 3.39. The molecule has 0 aliphatic heterocycles. The fraction of sp³-hybridized carbons (Fsp3) is 0.385. The fourth-order valence-corrected chi connectivity index (χ4v) is 1.81. The molecule has 0 unspecified atom stereocenters. The van der Waals surface area contributed by atoms with Gasteiger partial charge in [0.25, 0.3) is 0 Å². The molecule has 0 saturated heterocycles. The molecule has 2 aromatic rings. The van der Waals surface area contributed by atoms with E-state index in [1.165, 1.54) is 18.4 Å². The molecular formula is C13H15N3. The molecule has 1 aliphatic rings. The molecule has 1 saturated carbocycles. The Balaban J connectivity index is 1.82. The van der Waals surface area contributed by atoms with Crippen LogP contribution in [0.15, 0.2) is 30.5 Å². The van der Waals surface area contributed by atoms with Crippen molar-refractivity contribution in [1.29, 1.82) is 0 Å². The van der Waals surface area contributed by atoms with E-state index in [-0.39, 0.29) is 0 Å². The first kappa shape index (κ1) is 9.58. The first-order valence-electron chi connectivity index (χ1n) is 5.78. The highest BCUT2D eigenvalue weighted by Crippen LogP contribution is 2.30. The van der Waals surface area contributed by atoms with Crippen LogP contribution in [0.25, 0.3) is 11.3 Å². The van der Waals surface area contributed by atoms with Gasteiger partial charge in [0.15, 0.2) is 0 Å². The predicted octanol–water partition coefficient (Wildman–Crippen LogP) is 2.66. The normalized spacial score (nSPS) is 15.3. The first-order chi connectivity index (χ1) is 7.81.